The molecular formula is C17H15F3N2O2. The highest BCUT2D eigenvalue weighted by atomic mass is 19.4. The van der Waals surface area contributed by atoms with Gasteiger partial charge in [-0.1, -0.05) is 30.3 Å². The van der Waals surface area contributed by atoms with E-state index in [1.807, 2.05) is 30.3 Å². The van der Waals surface area contributed by atoms with Crippen LogP contribution in [0.25, 0.3) is 0 Å². The third kappa shape index (κ3) is 3.67. The highest BCUT2D eigenvalue weighted by molar-refractivity contribution is 5.68. The molecule has 0 unspecified atom stereocenters. The van der Waals surface area contributed by atoms with Gasteiger partial charge in [-0.25, -0.2) is 4.79 Å². The molecule has 3 rings (SSSR count). The smallest absolute Gasteiger partial charge is 0.417 e. The summed E-state index contributed by atoms with van der Waals surface area (Å²) in [5.74, 6) is 0. The number of fused-ring (bicyclic) bond motifs is 1. The fraction of sp³-hybridized carbons (Fsp3) is 0.294. The van der Waals surface area contributed by atoms with Gasteiger partial charge in [-0.15, -0.1) is 0 Å². The molecule has 0 saturated heterocycles. The van der Waals surface area contributed by atoms with E-state index in [-0.39, 0.29) is 13.2 Å². The number of halogens is 3. The second-order valence-electron chi connectivity index (χ2n) is 5.54. The largest absolute Gasteiger partial charge is 0.445 e. The van der Waals surface area contributed by atoms with Crippen LogP contribution in [0.15, 0.2) is 42.6 Å². The Kier molecular flexibility index (Phi) is 4.42. The van der Waals surface area contributed by atoms with Crippen LogP contribution >= 0.6 is 0 Å². The van der Waals surface area contributed by atoms with Gasteiger partial charge in [-0.05, 0) is 17.2 Å². The van der Waals surface area contributed by atoms with E-state index >= 15 is 0 Å². The van der Waals surface area contributed by atoms with Crippen LogP contribution in [-0.2, 0) is 30.5 Å². The first-order chi connectivity index (χ1) is 11.4. The van der Waals surface area contributed by atoms with Crippen LogP contribution in [0.1, 0.15) is 22.4 Å². The van der Waals surface area contributed by atoms with E-state index in [1.54, 1.807) is 0 Å². The molecule has 0 aliphatic carbocycles. The van der Waals surface area contributed by atoms with E-state index in [0.717, 1.165) is 17.8 Å². The highest BCUT2D eigenvalue weighted by Gasteiger charge is 2.33. The van der Waals surface area contributed by atoms with Crippen molar-refractivity contribution in [3.05, 3.63) is 65.0 Å². The maximum Gasteiger partial charge on any atom is 0.417 e. The summed E-state index contributed by atoms with van der Waals surface area (Å²) in [6.45, 7) is 0.572. The molecule has 0 spiro atoms. The minimum atomic E-state index is -4.45. The van der Waals surface area contributed by atoms with Gasteiger partial charge in [-0.3, -0.25) is 4.98 Å². The fourth-order valence-electron chi connectivity index (χ4n) is 2.55. The zero-order chi connectivity index (χ0) is 17.2. The van der Waals surface area contributed by atoms with Crippen molar-refractivity contribution >= 4 is 6.09 Å². The zero-order valence-corrected chi connectivity index (χ0v) is 12.7. The molecule has 126 valence electrons. The SMILES string of the molecule is O=C(OCc1ccccc1)N1CCc2ncc(C(F)(F)F)cc2C1. The summed E-state index contributed by atoms with van der Waals surface area (Å²) < 4.78 is 43.6. The molecule has 1 aliphatic heterocycles. The van der Waals surface area contributed by atoms with Gasteiger partial charge in [0, 0.05) is 24.9 Å². The van der Waals surface area contributed by atoms with E-state index in [9.17, 15) is 18.0 Å². The zero-order valence-electron chi connectivity index (χ0n) is 12.7. The number of pyridine rings is 1. The molecule has 0 atom stereocenters. The molecule has 0 fully saturated rings. The number of aromatic nitrogens is 1. The number of benzene rings is 1. The summed E-state index contributed by atoms with van der Waals surface area (Å²) in [6.07, 6.45) is -3.74. The average molecular weight is 336 g/mol. The van der Waals surface area contributed by atoms with Gasteiger partial charge in [-0.2, -0.15) is 13.2 Å². The van der Waals surface area contributed by atoms with Crippen molar-refractivity contribution in [3.8, 4) is 0 Å². The van der Waals surface area contributed by atoms with Crippen LogP contribution in [0, 0.1) is 0 Å². The summed E-state index contributed by atoms with van der Waals surface area (Å²) in [7, 11) is 0. The number of nitrogens with zero attached hydrogens (tertiary/aromatic N) is 2. The Bertz CT molecular complexity index is 732. The third-order valence-corrected chi connectivity index (χ3v) is 3.83. The van der Waals surface area contributed by atoms with Gasteiger partial charge in [0.15, 0.2) is 0 Å². The van der Waals surface area contributed by atoms with Crippen molar-refractivity contribution in [2.45, 2.75) is 25.7 Å². The number of hydrogen-bond acceptors (Lipinski definition) is 3. The molecule has 0 radical (unpaired) electrons. The number of amides is 1. The Hall–Kier alpha value is -2.57. The molecular weight excluding hydrogens is 321 g/mol. The summed E-state index contributed by atoms with van der Waals surface area (Å²) in [4.78, 5) is 17.4. The van der Waals surface area contributed by atoms with E-state index < -0.39 is 17.8 Å². The fourth-order valence-corrected chi connectivity index (χ4v) is 2.55. The Morgan fingerprint density at radius 3 is 2.71 bits per heavy atom. The molecule has 0 saturated carbocycles. The molecule has 2 aromatic rings. The van der Waals surface area contributed by atoms with Crippen LogP contribution in [-0.4, -0.2) is 22.5 Å². The standard InChI is InChI=1S/C17H15F3N2O2/c18-17(19,20)14-8-13-10-22(7-6-15(13)21-9-14)16(23)24-11-12-4-2-1-3-5-12/h1-5,8-9H,6-7,10-11H2. The van der Waals surface area contributed by atoms with Gasteiger partial charge < -0.3 is 9.64 Å². The second kappa shape index (κ2) is 6.51. The molecule has 1 aromatic heterocycles. The number of carbonyl (C=O) groups excluding carboxylic acids is 1. The van der Waals surface area contributed by atoms with Crippen molar-refractivity contribution in [1.82, 2.24) is 9.88 Å². The van der Waals surface area contributed by atoms with Crippen molar-refractivity contribution in [2.24, 2.45) is 0 Å². The van der Waals surface area contributed by atoms with Gasteiger partial charge in [0.1, 0.15) is 6.61 Å². The Balaban J connectivity index is 1.66. The lowest BCUT2D eigenvalue weighted by Crippen LogP contribution is -2.36. The first-order valence-electron chi connectivity index (χ1n) is 7.44. The molecule has 0 N–H and O–H groups in total. The predicted octanol–water partition coefficient (Wildman–Crippen LogP) is 3.80. The van der Waals surface area contributed by atoms with Crippen LogP contribution in [0.2, 0.25) is 0 Å². The van der Waals surface area contributed by atoms with Gasteiger partial charge >= 0.3 is 12.3 Å². The molecule has 0 bridgehead atoms. The van der Waals surface area contributed by atoms with Gasteiger partial charge in [0.05, 0.1) is 12.1 Å². The topological polar surface area (TPSA) is 42.4 Å². The number of hydrogen-bond donors (Lipinski definition) is 0. The number of rotatable bonds is 2. The van der Waals surface area contributed by atoms with Gasteiger partial charge in [0.25, 0.3) is 0 Å². The van der Waals surface area contributed by atoms with Crippen molar-refractivity contribution in [3.63, 3.8) is 0 Å². The van der Waals surface area contributed by atoms with Crippen molar-refractivity contribution < 1.29 is 22.7 Å². The maximum absolute atomic E-state index is 12.8. The predicted molar refractivity (Wildman–Crippen MR) is 80.0 cm³/mol. The third-order valence-electron chi connectivity index (χ3n) is 3.83. The average Bonchev–Trinajstić information content (AvgIpc) is 2.59. The number of carbonyl (C=O) groups is 1. The lowest BCUT2D eigenvalue weighted by atomic mass is 10.0. The van der Waals surface area contributed by atoms with E-state index in [1.165, 1.54) is 4.90 Å². The number of ether oxygens (including phenoxy) is 1. The molecule has 24 heavy (non-hydrogen) atoms. The number of alkyl halides is 3. The Morgan fingerprint density at radius 2 is 2.00 bits per heavy atom. The Labute approximate surface area is 136 Å². The quantitative estimate of drug-likeness (QED) is 0.838. The normalized spacial score (nSPS) is 14.2. The second-order valence-corrected chi connectivity index (χ2v) is 5.54. The van der Waals surface area contributed by atoms with Crippen LogP contribution < -0.4 is 0 Å². The first-order valence-corrected chi connectivity index (χ1v) is 7.44. The monoisotopic (exact) mass is 336 g/mol. The van der Waals surface area contributed by atoms with Crippen molar-refractivity contribution in [2.75, 3.05) is 6.54 Å². The van der Waals surface area contributed by atoms with E-state index in [4.69, 9.17) is 4.74 Å². The van der Waals surface area contributed by atoms with Crippen LogP contribution in [0.5, 0.6) is 0 Å². The summed E-state index contributed by atoms with van der Waals surface area (Å²) in [6, 6.07) is 10.3. The summed E-state index contributed by atoms with van der Waals surface area (Å²) in [5.41, 5.74) is 1.05. The van der Waals surface area contributed by atoms with Crippen molar-refractivity contribution in [1.29, 1.82) is 0 Å². The lowest BCUT2D eigenvalue weighted by Gasteiger charge is -2.28. The molecule has 7 heteroatoms. The van der Waals surface area contributed by atoms with Crippen LogP contribution in [0.3, 0.4) is 0 Å². The minimum absolute atomic E-state index is 0.0693. The van der Waals surface area contributed by atoms with E-state index in [0.29, 0.717) is 24.2 Å². The lowest BCUT2D eigenvalue weighted by molar-refractivity contribution is -0.137. The summed E-state index contributed by atoms with van der Waals surface area (Å²) in [5, 5.41) is 0. The maximum atomic E-state index is 12.8. The molecule has 1 amide bonds. The van der Waals surface area contributed by atoms with Gasteiger partial charge in [0.2, 0.25) is 0 Å². The molecule has 1 aliphatic rings. The van der Waals surface area contributed by atoms with E-state index in [2.05, 4.69) is 4.98 Å². The van der Waals surface area contributed by atoms with Crippen LogP contribution in [0.4, 0.5) is 18.0 Å². The summed E-state index contributed by atoms with van der Waals surface area (Å²) >= 11 is 0. The molecule has 1 aromatic carbocycles. The minimum Gasteiger partial charge on any atom is -0.445 e. The first kappa shape index (κ1) is 16.3. The molecule has 4 nitrogen and oxygen atoms in total. The molecule has 2 heterocycles. The Morgan fingerprint density at radius 1 is 1.25 bits per heavy atom. The highest BCUT2D eigenvalue weighted by Crippen LogP contribution is 2.31.